The van der Waals surface area contributed by atoms with Crippen molar-refractivity contribution in [3.63, 3.8) is 0 Å². The number of likely N-dealkylation sites (tertiary alicyclic amines) is 2. The minimum absolute atomic E-state index is 0.129. The summed E-state index contributed by atoms with van der Waals surface area (Å²) >= 11 is 2.87. The molecule has 0 saturated carbocycles. The first kappa shape index (κ1) is 65.2. The van der Waals surface area contributed by atoms with Crippen molar-refractivity contribution in [3.8, 4) is 11.5 Å². The molecule has 0 radical (unpaired) electrons. The van der Waals surface area contributed by atoms with Crippen molar-refractivity contribution in [1.29, 1.82) is 0 Å². The summed E-state index contributed by atoms with van der Waals surface area (Å²) in [5.74, 6) is 0.425. The standard InChI is InChI=1S/C33H44N6O5S.C29H36N6O5S/c1-7-37(8-2)31-34-21-27(39(9-3)29(40)24-16-19-45-22-24)28(36-31)35-26(30(41)44-33(4,5)6)20-23-12-14-25(15-13-23)43-32(42)38-17-10-11-18-38;1-4-33(5-2)28-30-18-24(35(6-3)26(36)21-13-16-41-19-21)25(32-28)31-23(27(37)38)17-20-9-11-22(12-10-20)40-29(39)34-14-7-8-15-34/h12-16,19,21-22,26H,7-11,17-18,20H2,1-6H3,(H,34,35,36);9-13,16,18-19,23H,4-8,14-15,17H2,1-3H3,(H,37,38)(H,30,31,32)/t26-;23-/m11/s1. The molecule has 2 saturated heterocycles. The molecule has 8 rings (SSSR count). The fourth-order valence-electron chi connectivity index (χ4n) is 9.67. The van der Waals surface area contributed by atoms with Gasteiger partial charge in [0.25, 0.3) is 11.8 Å². The maximum atomic E-state index is 13.6. The number of hydrogen-bond donors (Lipinski definition) is 3. The van der Waals surface area contributed by atoms with Crippen LogP contribution in [0.25, 0.3) is 0 Å². The molecule has 0 unspecified atom stereocenters. The van der Waals surface area contributed by atoms with Gasteiger partial charge in [-0.2, -0.15) is 32.6 Å². The van der Waals surface area contributed by atoms with E-state index in [4.69, 9.17) is 19.2 Å². The van der Waals surface area contributed by atoms with Crippen molar-refractivity contribution < 1.29 is 48.1 Å². The summed E-state index contributed by atoms with van der Waals surface area (Å²) in [5, 5.41) is 23.8. The Balaban J connectivity index is 0.000000247. The third-order valence-corrected chi connectivity index (χ3v) is 15.7. The molecule has 2 aromatic carbocycles. The molecule has 4 amide bonds. The maximum absolute atomic E-state index is 13.6. The van der Waals surface area contributed by atoms with E-state index < -0.39 is 29.6 Å². The average molecular weight is 1220 g/mol. The number of carbonyl (C=O) groups excluding carboxylic acids is 5. The molecule has 0 aliphatic carbocycles. The summed E-state index contributed by atoms with van der Waals surface area (Å²) in [6, 6.07) is 15.5. The molecule has 0 bridgehead atoms. The number of nitrogens with zero attached hydrogens (tertiary/aromatic N) is 10. The summed E-state index contributed by atoms with van der Waals surface area (Å²) in [7, 11) is 0. The lowest BCUT2D eigenvalue weighted by Gasteiger charge is -2.28. The second-order valence-electron chi connectivity index (χ2n) is 21.4. The van der Waals surface area contributed by atoms with Crippen LogP contribution in [0.4, 0.5) is 44.5 Å². The molecule has 86 heavy (non-hydrogen) atoms. The molecule has 3 N–H and O–H groups in total. The van der Waals surface area contributed by atoms with Crippen LogP contribution in [0.2, 0.25) is 0 Å². The lowest BCUT2D eigenvalue weighted by molar-refractivity contribution is -0.155. The number of esters is 1. The van der Waals surface area contributed by atoms with Crippen LogP contribution < -0.4 is 39.7 Å². The van der Waals surface area contributed by atoms with Gasteiger partial charge in [0.05, 0.1) is 23.5 Å². The van der Waals surface area contributed by atoms with Crippen molar-refractivity contribution in [1.82, 2.24) is 29.7 Å². The van der Waals surface area contributed by atoms with Crippen LogP contribution in [0.1, 0.15) is 120 Å². The fourth-order valence-corrected chi connectivity index (χ4v) is 10.9. The molecular formula is C62H80N12O10S2. The molecule has 2 aliphatic rings. The molecule has 6 aromatic rings. The number of anilines is 6. The second-order valence-corrected chi connectivity index (χ2v) is 22.9. The summed E-state index contributed by atoms with van der Waals surface area (Å²) in [6.45, 7) is 23.4. The van der Waals surface area contributed by atoms with Gasteiger partial charge < -0.3 is 59.4 Å². The first-order chi connectivity index (χ1) is 41.4. The van der Waals surface area contributed by atoms with Gasteiger partial charge in [-0.3, -0.25) is 9.59 Å². The van der Waals surface area contributed by atoms with E-state index in [1.165, 1.54) is 22.7 Å². The third-order valence-electron chi connectivity index (χ3n) is 14.3. The van der Waals surface area contributed by atoms with Gasteiger partial charge in [0.1, 0.15) is 40.6 Å². The lowest BCUT2D eigenvalue weighted by Crippen LogP contribution is -2.39. The average Bonchev–Trinajstić information content (AvgIpc) is 2.45. The van der Waals surface area contributed by atoms with Gasteiger partial charge in [0.15, 0.2) is 11.6 Å². The molecule has 6 heterocycles. The largest absolute Gasteiger partial charge is 0.480 e. The zero-order chi connectivity index (χ0) is 61.9. The van der Waals surface area contributed by atoms with Gasteiger partial charge >= 0.3 is 24.1 Å². The number of carboxylic acid groups (broad SMARTS) is 1. The van der Waals surface area contributed by atoms with Gasteiger partial charge in [-0.05, 0) is 146 Å². The van der Waals surface area contributed by atoms with E-state index in [0.717, 1.165) is 36.8 Å². The van der Waals surface area contributed by atoms with Crippen LogP contribution in [0, 0.1) is 0 Å². The Morgan fingerprint density at radius 3 is 1.29 bits per heavy atom. The van der Waals surface area contributed by atoms with Crippen LogP contribution in [-0.2, 0) is 27.2 Å². The molecular weight excluding hydrogens is 1140 g/mol. The van der Waals surface area contributed by atoms with E-state index in [1.807, 2.05) is 95.0 Å². The quantitative estimate of drug-likeness (QED) is 0.0477. The molecule has 2 aliphatic heterocycles. The Labute approximate surface area is 511 Å². The summed E-state index contributed by atoms with van der Waals surface area (Å²) < 4.78 is 16.8. The Hall–Kier alpha value is -8.38. The monoisotopic (exact) mass is 1220 g/mol. The van der Waals surface area contributed by atoms with Gasteiger partial charge in [-0.15, -0.1) is 0 Å². The zero-order valence-electron chi connectivity index (χ0n) is 50.6. The number of ether oxygens (including phenoxy) is 3. The van der Waals surface area contributed by atoms with Crippen LogP contribution >= 0.6 is 22.7 Å². The van der Waals surface area contributed by atoms with Crippen molar-refractivity contribution >= 4 is 93.5 Å². The Bertz CT molecular complexity index is 3180. The number of aliphatic carboxylic acids is 1. The Morgan fingerprint density at radius 2 is 0.953 bits per heavy atom. The zero-order valence-corrected chi connectivity index (χ0v) is 52.2. The predicted molar refractivity (Wildman–Crippen MR) is 337 cm³/mol. The van der Waals surface area contributed by atoms with Crippen LogP contribution in [0.15, 0.2) is 94.6 Å². The highest BCUT2D eigenvalue weighted by atomic mass is 32.1. The number of thiophene rings is 2. The Kier molecular flexibility index (Phi) is 23.6. The number of carboxylic acids is 1. The maximum Gasteiger partial charge on any atom is 0.415 e. The van der Waals surface area contributed by atoms with Gasteiger partial charge in [-0.25, -0.2) is 29.1 Å². The summed E-state index contributed by atoms with van der Waals surface area (Å²) in [5.41, 5.74) is 2.78. The topological polar surface area (TPSA) is 245 Å². The lowest BCUT2D eigenvalue weighted by atomic mass is 10.0. The molecule has 22 nitrogen and oxygen atoms in total. The van der Waals surface area contributed by atoms with E-state index in [0.29, 0.717) is 117 Å². The van der Waals surface area contributed by atoms with E-state index in [-0.39, 0.29) is 42.7 Å². The third kappa shape index (κ3) is 17.6. The smallest absolute Gasteiger partial charge is 0.415 e. The number of aromatic nitrogens is 4. The number of benzene rings is 2. The number of rotatable bonds is 24. The molecule has 4 aromatic heterocycles. The van der Waals surface area contributed by atoms with Crippen molar-refractivity contribution in [2.75, 3.05) is 95.7 Å². The second kappa shape index (κ2) is 31.1. The van der Waals surface area contributed by atoms with Crippen LogP contribution in [0.5, 0.6) is 11.5 Å². The first-order valence-corrected chi connectivity index (χ1v) is 31.3. The van der Waals surface area contributed by atoms with Crippen LogP contribution in [-0.4, -0.2) is 154 Å². The van der Waals surface area contributed by atoms with Crippen molar-refractivity contribution in [2.24, 2.45) is 0 Å². The van der Waals surface area contributed by atoms with Crippen LogP contribution in [0.3, 0.4) is 0 Å². The normalized spacial score (nSPS) is 13.6. The highest BCUT2D eigenvalue weighted by Crippen LogP contribution is 2.32. The van der Waals surface area contributed by atoms with Crippen molar-refractivity contribution in [2.45, 2.75) is 119 Å². The minimum atomic E-state index is -1.07. The van der Waals surface area contributed by atoms with E-state index in [1.54, 1.807) is 91.3 Å². The highest BCUT2D eigenvalue weighted by molar-refractivity contribution is 7.08. The molecule has 24 heteroatoms. The molecule has 460 valence electrons. The van der Waals surface area contributed by atoms with E-state index in [2.05, 4.69) is 25.6 Å². The fraction of sp³-hybridized carbons (Fsp3) is 0.452. The van der Waals surface area contributed by atoms with Gasteiger partial charge in [0, 0.05) is 89.0 Å². The first-order valence-electron chi connectivity index (χ1n) is 29.4. The molecule has 2 fully saturated rings. The predicted octanol–water partition coefficient (Wildman–Crippen LogP) is 10.8. The summed E-state index contributed by atoms with van der Waals surface area (Å²) in [6.07, 6.45) is 6.76. The van der Waals surface area contributed by atoms with Gasteiger partial charge in [-0.1, -0.05) is 24.3 Å². The number of hydrogen-bond acceptors (Lipinski definition) is 19. The highest BCUT2D eigenvalue weighted by Gasteiger charge is 2.31. The molecule has 0 spiro atoms. The van der Waals surface area contributed by atoms with E-state index >= 15 is 0 Å². The number of nitrogens with one attached hydrogen (secondary N) is 2. The number of amides is 4. The number of carbonyl (C=O) groups is 6. The van der Waals surface area contributed by atoms with E-state index in [9.17, 15) is 33.9 Å². The Morgan fingerprint density at radius 1 is 0.570 bits per heavy atom. The summed E-state index contributed by atoms with van der Waals surface area (Å²) in [4.78, 5) is 107. The molecule has 2 atom stereocenters. The SMILES string of the molecule is CCN(CC)c1ncc(N(CC)C(=O)c2ccsc2)c(N[C@H](Cc2ccc(OC(=O)N3CCCC3)cc2)C(=O)O)n1.CCN(CC)c1ncc(N(CC)C(=O)c2ccsc2)c(N[C@H](Cc2ccc(OC(=O)N3CCCC3)cc2)C(=O)OC(C)(C)C)n1. The van der Waals surface area contributed by atoms with Crippen molar-refractivity contribution in [3.05, 3.63) is 117 Å². The minimum Gasteiger partial charge on any atom is -0.480 e. The van der Waals surface area contributed by atoms with Gasteiger partial charge in [0.2, 0.25) is 11.9 Å².